The van der Waals surface area contributed by atoms with Crippen LogP contribution in [0.25, 0.3) is 0 Å². The zero-order chi connectivity index (χ0) is 19.6. The fourth-order valence-corrected chi connectivity index (χ4v) is 3.28. The molecule has 5 nitrogen and oxygen atoms in total. The molecule has 140 valence electrons. The van der Waals surface area contributed by atoms with E-state index in [1.165, 1.54) is 0 Å². The Kier molecular flexibility index (Phi) is 5.40. The average molecular weight is 365 g/mol. The van der Waals surface area contributed by atoms with E-state index in [0.29, 0.717) is 5.56 Å². The molecule has 1 fully saturated rings. The SMILES string of the molecule is Cc1ccc(C(=O)COC(=O)[C@@H]2CC(=O)N(c3ccc(C)cc3C)C2)cc1. The van der Waals surface area contributed by atoms with Crippen LogP contribution in [0, 0.1) is 26.7 Å². The minimum absolute atomic E-state index is 0.102. The molecule has 0 aliphatic carbocycles. The van der Waals surface area contributed by atoms with E-state index < -0.39 is 11.9 Å². The van der Waals surface area contributed by atoms with E-state index in [0.717, 1.165) is 22.4 Å². The average Bonchev–Trinajstić information content (AvgIpc) is 3.01. The monoisotopic (exact) mass is 365 g/mol. The number of hydrogen-bond donors (Lipinski definition) is 0. The topological polar surface area (TPSA) is 63.7 Å². The second kappa shape index (κ2) is 7.74. The summed E-state index contributed by atoms with van der Waals surface area (Å²) in [6, 6.07) is 13.0. The van der Waals surface area contributed by atoms with Gasteiger partial charge in [-0.3, -0.25) is 14.4 Å². The Morgan fingerprint density at radius 3 is 2.37 bits per heavy atom. The zero-order valence-corrected chi connectivity index (χ0v) is 15.8. The third-order valence-electron chi connectivity index (χ3n) is 4.82. The van der Waals surface area contributed by atoms with Gasteiger partial charge in [0.2, 0.25) is 5.91 Å². The van der Waals surface area contributed by atoms with Crippen molar-refractivity contribution in [3.05, 3.63) is 64.7 Å². The van der Waals surface area contributed by atoms with Crippen molar-refractivity contribution in [2.24, 2.45) is 5.92 Å². The van der Waals surface area contributed by atoms with Crippen LogP contribution >= 0.6 is 0 Å². The lowest BCUT2D eigenvalue weighted by Gasteiger charge is -2.19. The molecule has 1 atom stereocenters. The standard InChI is InChI=1S/C22H23NO4/c1-14-4-7-17(8-5-14)20(24)13-27-22(26)18-11-21(25)23(12-18)19-9-6-15(2)10-16(19)3/h4-10,18H,11-13H2,1-3H3/t18-/m1/s1. The highest BCUT2D eigenvalue weighted by Crippen LogP contribution is 2.29. The van der Waals surface area contributed by atoms with Gasteiger partial charge < -0.3 is 9.64 Å². The molecule has 5 heteroatoms. The van der Waals surface area contributed by atoms with Crippen molar-refractivity contribution in [1.82, 2.24) is 0 Å². The first-order chi connectivity index (χ1) is 12.8. The summed E-state index contributed by atoms with van der Waals surface area (Å²) in [6.07, 6.45) is 0.102. The van der Waals surface area contributed by atoms with Gasteiger partial charge >= 0.3 is 5.97 Å². The maximum atomic E-state index is 12.4. The van der Waals surface area contributed by atoms with Crippen LogP contribution in [0.1, 0.15) is 33.5 Å². The van der Waals surface area contributed by atoms with Gasteiger partial charge in [-0.25, -0.2) is 0 Å². The number of nitrogens with zero attached hydrogens (tertiary/aromatic N) is 1. The number of Topliss-reactive ketones (excluding diaryl/α,β-unsaturated/α-hetero) is 1. The number of carbonyl (C=O) groups excluding carboxylic acids is 3. The van der Waals surface area contributed by atoms with Crippen LogP contribution in [0.4, 0.5) is 5.69 Å². The Hall–Kier alpha value is -2.95. The normalized spacial score (nSPS) is 16.5. The van der Waals surface area contributed by atoms with Gasteiger partial charge in [-0.1, -0.05) is 47.5 Å². The number of rotatable bonds is 5. The van der Waals surface area contributed by atoms with E-state index in [-0.39, 0.29) is 31.3 Å². The van der Waals surface area contributed by atoms with Crippen LogP contribution in [-0.2, 0) is 14.3 Å². The van der Waals surface area contributed by atoms with Gasteiger partial charge in [-0.15, -0.1) is 0 Å². The highest BCUT2D eigenvalue weighted by molar-refractivity contribution is 6.01. The van der Waals surface area contributed by atoms with E-state index in [4.69, 9.17) is 4.74 Å². The predicted octanol–water partition coefficient (Wildman–Crippen LogP) is 3.39. The minimum Gasteiger partial charge on any atom is -0.457 e. The van der Waals surface area contributed by atoms with E-state index in [1.807, 2.05) is 51.1 Å². The van der Waals surface area contributed by atoms with Crippen LogP contribution in [0.2, 0.25) is 0 Å². The summed E-state index contributed by atoms with van der Waals surface area (Å²) in [7, 11) is 0. The summed E-state index contributed by atoms with van der Waals surface area (Å²) in [5.74, 6) is -1.41. The first kappa shape index (κ1) is 18.8. The predicted molar refractivity (Wildman–Crippen MR) is 103 cm³/mol. The molecule has 0 aromatic heterocycles. The van der Waals surface area contributed by atoms with Crippen molar-refractivity contribution in [1.29, 1.82) is 0 Å². The number of anilines is 1. The molecule has 2 aromatic rings. The van der Waals surface area contributed by atoms with E-state index in [1.54, 1.807) is 17.0 Å². The van der Waals surface area contributed by atoms with Gasteiger partial charge in [-0.05, 0) is 32.4 Å². The lowest BCUT2D eigenvalue weighted by Crippen LogP contribution is -2.27. The molecule has 1 aliphatic rings. The first-order valence-corrected chi connectivity index (χ1v) is 8.99. The van der Waals surface area contributed by atoms with E-state index in [9.17, 15) is 14.4 Å². The number of hydrogen-bond acceptors (Lipinski definition) is 4. The number of carbonyl (C=O) groups is 3. The molecular weight excluding hydrogens is 342 g/mol. The quantitative estimate of drug-likeness (QED) is 0.602. The molecule has 0 spiro atoms. The molecular formula is C22H23NO4. The van der Waals surface area contributed by atoms with Gasteiger partial charge in [-0.2, -0.15) is 0 Å². The molecule has 1 amide bonds. The molecule has 2 aromatic carbocycles. The summed E-state index contributed by atoms with van der Waals surface area (Å²) in [5.41, 5.74) is 4.49. The second-order valence-corrected chi connectivity index (χ2v) is 7.09. The maximum absolute atomic E-state index is 12.4. The number of esters is 1. The molecule has 1 aliphatic heterocycles. The van der Waals surface area contributed by atoms with Crippen molar-refractivity contribution >= 4 is 23.3 Å². The van der Waals surface area contributed by atoms with E-state index in [2.05, 4.69) is 0 Å². The maximum Gasteiger partial charge on any atom is 0.311 e. The van der Waals surface area contributed by atoms with Crippen molar-refractivity contribution < 1.29 is 19.1 Å². The smallest absolute Gasteiger partial charge is 0.311 e. The van der Waals surface area contributed by atoms with Crippen LogP contribution in [0.5, 0.6) is 0 Å². The van der Waals surface area contributed by atoms with Crippen molar-refractivity contribution in [3.63, 3.8) is 0 Å². The molecule has 3 rings (SSSR count). The minimum atomic E-state index is -0.552. The summed E-state index contributed by atoms with van der Waals surface area (Å²) >= 11 is 0. The zero-order valence-electron chi connectivity index (χ0n) is 15.8. The Labute approximate surface area is 158 Å². The van der Waals surface area contributed by atoms with E-state index >= 15 is 0 Å². The van der Waals surface area contributed by atoms with Gasteiger partial charge in [0.25, 0.3) is 0 Å². The molecule has 0 radical (unpaired) electrons. The summed E-state index contributed by atoms with van der Waals surface area (Å²) in [5, 5.41) is 0. The number of benzene rings is 2. The number of ether oxygens (including phenoxy) is 1. The Morgan fingerprint density at radius 1 is 1.04 bits per heavy atom. The number of ketones is 1. The molecule has 0 unspecified atom stereocenters. The Balaban J connectivity index is 1.60. The molecule has 27 heavy (non-hydrogen) atoms. The number of aryl methyl sites for hydroxylation is 3. The van der Waals surface area contributed by atoms with Crippen LogP contribution in [-0.4, -0.2) is 30.8 Å². The summed E-state index contributed by atoms with van der Waals surface area (Å²) in [4.78, 5) is 38.5. The fraction of sp³-hybridized carbons (Fsp3) is 0.318. The second-order valence-electron chi connectivity index (χ2n) is 7.09. The molecule has 0 bridgehead atoms. The molecule has 0 N–H and O–H groups in total. The molecule has 1 saturated heterocycles. The van der Waals surface area contributed by atoms with Crippen molar-refractivity contribution in [3.8, 4) is 0 Å². The first-order valence-electron chi connectivity index (χ1n) is 8.99. The van der Waals surface area contributed by atoms with Gasteiger partial charge in [0, 0.05) is 24.2 Å². The Morgan fingerprint density at radius 2 is 1.70 bits per heavy atom. The van der Waals surface area contributed by atoms with Crippen molar-refractivity contribution in [2.45, 2.75) is 27.2 Å². The fourth-order valence-electron chi connectivity index (χ4n) is 3.28. The Bertz CT molecular complexity index is 886. The molecule has 1 heterocycles. The van der Waals surface area contributed by atoms with Gasteiger partial charge in [0.1, 0.15) is 0 Å². The summed E-state index contributed by atoms with van der Waals surface area (Å²) in [6.45, 7) is 5.85. The third kappa shape index (κ3) is 4.25. The van der Waals surface area contributed by atoms with Gasteiger partial charge in [0.15, 0.2) is 12.4 Å². The van der Waals surface area contributed by atoms with Crippen LogP contribution in [0.15, 0.2) is 42.5 Å². The summed E-state index contributed by atoms with van der Waals surface area (Å²) < 4.78 is 5.19. The highest BCUT2D eigenvalue weighted by atomic mass is 16.5. The third-order valence-corrected chi connectivity index (χ3v) is 4.82. The highest BCUT2D eigenvalue weighted by Gasteiger charge is 2.36. The lowest BCUT2D eigenvalue weighted by atomic mass is 10.1. The van der Waals surface area contributed by atoms with Crippen LogP contribution in [0.3, 0.4) is 0 Å². The van der Waals surface area contributed by atoms with Gasteiger partial charge in [0.05, 0.1) is 5.92 Å². The lowest BCUT2D eigenvalue weighted by molar-refractivity contribution is -0.147. The molecule has 0 saturated carbocycles. The van der Waals surface area contributed by atoms with Crippen LogP contribution < -0.4 is 4.90 Å². The van der Waals surface area contributed by atoms with Crippen molar-refractivity contribution in [2.75, 3.05) is 18.1 Å². The largest absolute Gasteiger partial charge is 0.457 e. The number of amides is 1.